The van der Waals surface area contributed by atoms with Crippen LogP contribution in [0, 0.1) is 0 Å². The predicted molar refractivity (Wildman–Crippen MR) is 116 cm³/mol. The summed E-state index contributed by atoms with van der Waals surface area (Å²) in [5.41, 5.74) is 0.961. The highest BCUT2D eigenvalue weighted by molar-refractivity contribution is 5.94. The lowest BCUT2D eigenvalue weighted by Crippen LogP contribution is -2.38. The number of fused-ring (bicyclic) bond motifs is 1. The van der Waals surface area contributed by atoms with Gasteiger partial charge in [0.15, 0.2) is 0 Å². The number of unbranched alkanes of at least 4 members (excludes halogenated alkanes) is 1. The Labute approximate surface area is 190 Å². The van der Waals surface area contributed by atoms with E-state index >= 15 is 0 Å². The van der Waals surface area contributed by atoms with Crippen molar-refractivity contribution in [2.75, 3.05) is 29.9 Å². The molecule has 2 aliphatic heterocycles. The third kappa shape index (κ3) is 4.97. The van der Waals surface area contributed by atoms with E-state index in [0.29, 0.717) is 32.5 Å². The standard InChI is InChI=1S/C22H29F3N6O2/c1-2-3-4-15-12-31(9-10-32)20(28-15)14-5-7-30(8-6-14)21-18-16(22(23,24)25)11-17(33)29-19(18)26-13-27-21/h12-14,16,32H,2-11H2,1H3,(H,26,27,29,33). The number of carbonyl (C=O) groups is 1. The van der Waals surface area contributed by atoms with Gasteiger partial charge in [-0.3, -0.25) is 4.79 Å². The van der Waals surface area contributed by atoms with Crippen molar-refractivity contribution in [1.82, 2.24) is 19.5 Å². The first-order valence-corrected chi connectivity index (χ1v) is 11.4. The van der Waals surface area contributed by atoms with Crippen LogP contribution in [-0.2, 0) is 17.8 Å². The van der Waals surface area contributed by atoms with E-state index in [1.165, 1.54) is 6.33 Å². The van der Waals surface area contributed by atoms with Crippen molar-refractivity contribution in [2.24, 2.45) is 0 Å². The summed E-state index contributed by atoms with van der Waals surface area (Å²) >= 11 is 0. The Kier molecular flexibility index (Phi) is 6.87. The number of halogens is 3. The Balaban J connectivity index is 1.54. The van der Waals surface area contributed by atoms with Crippen LogP contribution >= 0.6 is 0 Å². The van der Waals surface area contributed by atoms with E-state index in [4.69, 9.17) is 4.98 Å². The van der Waals surface area contributed by atoms with E-state index < -0.39 is 24.4 Å². The number of piperidine rings is 1. The van der Waals surface area contributed by atoms with Gasteiger partial charge in [0, 0.05) is 38.2 Å². The maximum Gasteiger partial charge on any atom is 0.396 e. The first kappa shape index (κ1) is 23.5. The summed E-state index contributed by atoms with van der Waals surface area (Å²) < 4.78 is 43.2. The normalized spacial score (nSPS) is 19.5. The molecular formula is C22H29F3N6O2. The van der Waals surface area contributed by atoms with E-state index in [1.54, 1.807) is 0 Å². The van der Waals surface area contributed by atoms with Crippen molar-refractivity contribution < 1.29 is 23.1 Å². The van der Waals surface area contributed by atoms with E-state index in [0.717, 1.165) is 30.8 Å². The number of carbonyl (C=O) groups excluding carboxylic acids is 1. The van der Waals surface area contributed by atoms with E-state index in [-0.39, 0.29) is 29.7 Å². The first-order valence-electron chi connectivity index (χ1n) is 11.4. The SMILES string of the molecule is CCCCc1cn(CCO)c(C2CCN(c3ncnc4c3C(C(F)(F)F)CC(=O)N4)CC2)n1. The van der Waals surface area contributed by atoms with Crippen molar-refractivity contribution in [3.05, 3.63) is 29.6 Å². The number of nitrogens with one attached hydrogen (secondary N) is 1. The molecule has 0 aromatic carbocycles. The van der Waals surface area contributed by atoms with Gasteiger partial charge in [-0.05, 0) is 25.7 Å². The fourth-order valence-corrected chi connectivity index (χ4v) is 4.74. The number of aromatic nitrogens is 4. The van der Waals surface area contributed by atoms with Gasteiger partial charge in [-0.2, -0.15) is 13.2 Å². The summed E-state index contributed by atoms with van der Waals surface area (Å²) in [7, 11) is 0. The third-order valence-electron chi connectivity index (χ3n) is 6.40. The van der Waals surface area contributed by atoms with Crippen LogP contribution in [0.3, 0.4) is 0 Å². The zero-order chi connectivity index (χ0) is 23.6. The number of aliphatic hydroxyl groups is 1. The highest BCUT2D eigenvalue weighted by atomic mass is 19.4. The average molecular weight is 467 g/mol. The molecular weight excluding hydrogens is 437 g/mol. The second kappa shape index (κ2) is 9.66. The Morgan fingerprint density at radius 1 is 1.24 bits per heavy atom. The molecule has 4 heterocycles. The second-order valence-corrected chi connectivity index (χ2v) is 8.68. The van der Waals surface area contributed by atoms with Crippen molar-refractivity contribution in [3.8, 4) is 0 Å². The minimum Gasteiger partial charge on any atom is -0.395 e. The van der Waals surface area contributed by atoms with Gasteiger partial charge in [0.1, 0.15) is 23.8 Å². The number of aryl methyl sites for hydroxylation is 1. The molecule has 1 saturated heterocycles. The van der Waals surface area contributed by atoms with Gasteiger partial charge in [-0.25, -0.2) is 15.0 Å². The van der Waals surface area contributed by atoms with Crippen LogP contribution in [0.15, 0.2) is 12.5 Å². The number of hydrogen-bond acceptors (Lipinski definition) is 6. The van der Waals surface area contributed by atoms with Gasteiger partial charge in [-0.1, -0.05) is 13.3 Å². The lowest BCUT2D eigenvalue weighted by atomic mass is 9.90. The molecule has 0 radical (unpaired) electrons. The molecule has 2 aliphatic rings. The van der Waals surface area contributed by atoms with Crippen LogP contribution in [0.1, 0.15) is 67.9 Å². The number of aliphatic hydroxyl groups excluding tert-OH is 1. The molecule has 0 bridgehead atoms. The summed E-state index contributed by atoms with van der Waals surface area (Å²) in [4.78, 5) is 26.6. The van der Waals surface area contributed by atoms with E-state index in [2.05, 4.69) is 22.2 Å². The summed E-state index contributed by atoms with van der Waals surface area (Å²) in [6.07, 6.45) is 2.40. The Morgan fingerprint density at radius 3 is 2.67 bits per heavy atom. The maximum atomic E-state index is 13.7. The predicted octanol–water partition coefficient (Wildman–Crippen LogP) is 3.38. The maximum absolute atomic E-state index is 13.7. The van der Waals surface area contributed by atoms with Crippen molar-refractivity contribution >= 4 is 17.5 Å². The number of rotatable bonds is 7. The zero-order valence-corrected chi connectivity index (χ0v) is 18.6. The Bertz CT molecular complexity index is 985. The molecule has 1 unspecified atom stereocenters. The molecule has 0 spiro atoms. The largest absolute Gasteiger partial charge is 0.396 e. The summed E-state index contributed by atoms with van der Waals surface area (Å²) in [6.45, 7) is 3.65. The summed E-state index contributed by atoms with van der Waals surface area (Å²) in [5, 5.41) is 11.9. The van der Waals surface area contributed by atoms with Gasteiger partial charge < -0.3 is 19.9 Å². The highest BCUT2D eigenvalue weighted by Gasteiger charge is 2.48. The molecule has 8 nitrogen and oxygen atoms in total. The van der Waals surface area contributed by atoms with Gasteiger partial charge in [0.2, 0.25) is 5.91 Å². The minimum atomic E-state index is -4.56. The van der Waals surface area contributed by atoms with Gasteiger partial charge in [0.05, 0.1) is 23.8 Å². The fourth-order valence-electron chi connectivity index (χ4n) is 4.74. The van der Waals surface area contributed by atoms with E-state index in [1.807, 2.05) is 15.7 Å². The lowest BCUT2D eigenvalue weighted by molar-refractivity contribution is -0.156. The highest BCUT2D eigenvalue weighted by Crippen LogP contribution is 2.46. The summed E-state index contributed by atoms with van der Waals surface area (Å²) in [5.74, 6) is -1.34. The molecule has 1 fully saturated rings. The van der Waals surface area contributed by atoms with Crippen LogP contribution in [-0.4, -0.2) is 56.4 Å². The molecule has 0 saturated carbocycles. The molecule has 0 aliphatic carbocycles. The monoisotopic (exact) mass is 466 g/mol. The molecule has 1 atom stereocenters. The first-order chi connectivity index (χ1) is 15.8. The van der Waals surface area contributed by atoms with Crippen molar-refractivity contribution in [2.45, 2.75) is 70.0 Å². The number of amides is 1. The number of imidazole rings is 1. The van der Waals surface area contributed by atoms with Gasteiger partial charge in [0.25, 0.3) is 0 Å². The van der Waals surface area contributed by atoms with E-state index in [9.17, 15) is 23.1 Å². The summed E-state index contributed by atoms with van der Waals surface area (Å²) in [6, 6.07) is 0. The molecule has 2 aromatic rings. The second-order valence-electron chi connectivity index (χ2n) is 8.68. The molecule has 180 valence electrons. The molecule has 1 amide bonds. The Morgan fingerprint density at radius 2 is 2.00 bits per heavy atom. The topological polar surface area (TPSA) is 96.2 Å². The van der Waals surface area contributed by atoms with Crippen molar-refractivity contribution in [3.63, 3.8) is 0 Å². The zero-order valence-electron chi connectivity index (χ0n) is 18.6. The fraction of sp³-hybridized carbons (Fsp3) is 0.636. The number of anilines is 2. The number of hydrogen-bond donors (Lipinski definition) is 2. The molecule has 2 aromatic heterocycles. The molecule has 11 heteroatoms. The average Bonchev–Trinajstić information content (AvgIpc) is 3.19. The molecule has 2 N–H and O–H groups in total. The minimum absolute atomic E-state index is 0.0209. The van der Waals surface area contributed by atoms with Crippen LogP contribution in [0.5, 0.6) is 0 Å². The van der Waals surface area contributed by atoms with Crippen LogP contribution in [0.4, 0.5) is 24.8 Å². The number of alkyl halides is 3. The Hall–Kier alpha value is -2.69. The van der Waals surface area contributed by atoms with Crippen LogP contribution in [0.2, 0.25) is 0 Å². The van der Waals surface area contributed by atoms with Crippen LogP contribution < -0.4 is 10.2 Å². The quantitative estimate of drug-likeness (QED) is 0.650. The smallest absolute Gasteiger partial charge is 0.395 e. The lowest BCUT2D eigenvalue weighted by Gasteiger charge is -2.36. The van der Waals surface area contributed by atoms with Gasteiger partial charge >= 0.3 is 6.18 Å². The molecule has 4 rings (SSSR count). The third-order valence-corrected chi connectivity index (χ3v) is 6.40. The van der Waals surface area contributed by atoms with Crippen molar-refractivity contribution in [1.29, 1.82) is 0 Å². The van der Waals surface area contributed by atoms with Gasteiger partial charge in [-0.15, -0.1) is 0 Å². The number of nitrogens with zero attached hydrogens (tertiary/aromatic N) is 5. The van der Waals surface area contributed by atoms with Crippen LogP contribution in [0.25, 0.3) is 0 Å². The molecule has 33 heavy (non-hydrogen) atoms.